The average Bonchev–Trinajstić information content (AvgIpc) is 2.39. The van der Waals surface area contributed by atoms with Crippen LogP contribution in [0, 0.1) is 0 Å². The van der Waals surface area contributed by atoms with Crippen molar-refractivity contribution in [1.82, 2.24) is 5.32 Å². The van der Waals surface area contributed by atoms with Crippen LogP contribution in [0.2, 0.25) is 0 Å². The molecule has 1 atom stereocenters. The zero-order chi connectivity index (χ0) is 10.8. The average molecular weight is 228 g/mol. The van der Waals surface area contributed by atoms with E-state index in [1.807, 2.05) is 6.07 Å². The molecule has 2 N–H and O–H groups in total. The molecule has 1 aromatic carbocycles. The number of hydrogen-bond acceptors (Lipinski definition) is 2. The monoisotopic (exact) mass is 228 g/mol. The Balaban J connectivity index is 0.00000108. The minimum Gasteiger partial charge on any atom is -0.870 e. The zero-order valence-corrected chi connectivity index (χ0v) is 9.58. The van der Waals surface area contributed by atoms with E-state index < -0.39 is 0 Å². The van der Waals surface area contributed by atoms with Gasteiger partial charge in [-0.25, -0.2) is 0 Å². The SMILES string of the molecule is [OH-].c1cc[n+](C2NCCc3ccccc32)cc1. The maximum absolute atomic E-state index is 3.55. The second-order valence-corrected chi connectivity index (χ2v) is 4.13. The van der Waals surface area contributed by atoms with Gasteiger partial charge < -0.3 is 5.48 Å². The molecular weight excluding hydrogens is 212 g/mol. The van der Waals surface area contributed by atoms with Gasteiger partial charge >= 0.3 is 0 Å². The molecule has 2 aromatic rings. The van der Waals surface area contributed by atoms with Crippen LogP contribution in [0.15, 0.2) is 54.9 Å². The molecule has 2 heterocycles. The van der Waals surface area contributed by atoms with Gasteiger partial charge in [0, 0.05) is 24.2 Å². The fraction of sp³-hybridized carbons (Fsp3) is 0.214. The molecule has 0 aliphatic carbocycles. The number of fused-ring (bicyclic) bond motifs is 1. The first-order chi connectivity index (χ1) is 7.95. The van der Waals surface area contributed by atoms with Crippen molar-refractivity contribution in [2.24, 2.45) is 0 Å². The molecule has 1 aliphatic rings. The summed E-state index contributed by atoms with van der Waals surface area (Å²) in [5, 5.41) is 3.55. The van der Waals surface area contributed by atoms with Crippen LogP contribution in [0.1, 0.15) is 17.3 Å². The first-order valence-corrected chi connectivity index (χ1v) is 5.72. The summed E-state index contributed by atoms with van der Waals surface area (Å²) in [5.41, 5.74) is 2.85. The first kappa shape index (κ1) is 11.8. The van der Waals surface area contributed by atoms with Gasteiger partial charge in [-0.3, -0.25) is 5.32 Å². The molecule has 0 radical (unpaired) electrons. The van der Waals surface area contributed by atoms with Crippen molar-refractivity contribution in [1.29, 1.82) is 0 Å². The Kier molecular flexibility index (Phi) is 3.52. The van der Waals surface area contributed by atoms with Gasteiger partial charge in [-0.15, -0.1) is 0 Å². The second kappa shape index (κ2) is 5.08. The number of hydrogen-bond donors (Lipinski definition) is 1. The summed E-state index contributed by atoms with van der Waals surface area (Å²) < 4.78 is 2.22. The third-order valence-electron chi connectivity index (χ3n) is 3.12. The predicted octanol–water partition coefficient (Wildman–Crippen LogP) is 1.49. The van der Waals surface area contributed by atoms with Gasteiger partial charge in [-0.05, 0) is 12.0 Å². The van der Waals surface area contributed by atoms with Crippen molar-refractivity contribution in [2.75, 3.05) is 6.54 Å². The highest BCUT2D eigenvalue weighted by Crippen LogP contribution is 2.19. The summed E-state index contributed by atoms with van der Waals surface area (Å²) in [5.74, 6) is 0. The third-order valence-corrected chi connectivity index (χ3v) is 3.12. The fourth-order valence-electron chi connectivity index (χ4n) is 2.33. The Bertz CT molecular complexity index is 485. The molecule has 17 heavy (non-hydrogen) atoms. The zero-order valence-electron chi connectivity index (χ0n) is 9.58. The number of aromatic nitrogens is 1. The van der Waals surface area contributed by atoms with Gasteiger partial charge in [0.1, 0.15) is 0 Å². The van der Waals surface area contributed by atoms with Crippen molar-refractivity contribution in [3.05, 3.63) is 66.0 Å². The van der Waals surface area contributed by atoms with E-state index in [0.717, 1.165) is 13.0 Å². The molecule has 0 fully saturated rings. The largest absolute Gasteiger partial charge is 0.870 e. The molecule has 0 spiro atoms. The second-order valence-electron chi connectivity index (χ2n) is 4.13. The summed E-state index contributed by atoms with van der Waals surface area (Å²) in [4.78, 5) is 0. The van der Waals surface area contributed by atoms with Crippen LogP contribution in [0.5, 0.6) is 0 Å². The molecule has 3 nitrogen and oxygen atoms in total. The van der Waals surface area contributed by atoms with Gasteiger partial charge in [0.05, 0.1) is 0 Å². The van der Waals surface area contributed by atoms with Crippen LogP contribution >= 0.6 is 0 Å². The van der Waals surface area contributed by atoms with E-state index in [0.29, 0.717) is 0 Å². The minimum atomic E-state index is 0. The lowest BCUT2D eigenvalue weighted by Gasteiger charge is -2.22. The van der Waals surface area contributed by atoms with Crippen LogP contribution in [0.4, 0.5) is 0 Å². The van der Waals surface area contributed by atoms with Gasteiger partial charge in [0.2, 0.25) is 6.17 Å². The number of benzene rings is 1. The highest BCUT2D eigenvalue weighted by molar-refractivity contribution is 5.30. The highest BCUT2D eigenvalue weighted by atomic mass is 16.0. The minimum absolute atomic E-state index is 0. The van der Waals surface area contributed by atoms with Gasteiger partial charge in [-0.2, -0.15) is 4.57 Å². The lowest BCUT2D eigenvalue weighted by molar-refractivity contribution is -0.719. The van der Waals surface area contributed by atoms with E-state index in [2.05, 4.69) is 58.7 Å². The molecule has 0 amide bonds. The molecule has 1 unspecified atom stereocenters. The lowest BCUT2D eigenvalue weighted by atomic mass is 9.98. The van der Waals surface area contributed by atoms with Gasteiger partial charge in [-0.1, -0.05) is 30.3 Å². The normalized spacial score (nSPS) is 18.0. The summed E-state index contributed by atoms with van der Waals surface area (Å²) >= 11 is 0. The maximum atomic E-state index is 3.55. The van der Waals surface area contributed by atoms with E-state index in [9.17, 15) is 0 Å². The van der Waals surface area contributed by atoms with E-state index in [4.69, 9.17) is 0 Å². The van der Waals surface area contributed by atoms with E-state index in [1.165, 1.54) is 11.1 Å². The summed E-state index contributed by atoms with van der Waals surface area (Å²) in [6.07, 6.45) is 5.63. The molecule has 1 aliphatic heterocycles. The molecule has 0 saturated heterocycles. The number of nitrogens with one attached hydrogen (secondary N) is 1. The Morgan fingerprint density at radius 2 is 1.76 bits per heavy atom. The molecule has 1 aromatic heterocycles. The Morgan fingerprint density at radius 1 is 1.00 bits per heavy atom. The van der Waals surface area contributed by atoms with Crippen LogP contribution in [-0.4, -0.2) is 12.0 Å². The quantitative estimate of drug-likeness (QED) is 0.752. The van der Waals surface area contributed by atoms with Crippen molar-refractivity contribution < 1.29 is 10.0 Å². The fourth-order valence-corrected chi connectivity index (χ4v) is 2.33. The Labute approximate surface area is 101 Å². The smallest absolute Gasteiger partial charge is 0.238 e. The summed E-state index contributed by atoms with van der Waals surface area (Å²) in [6, 6.07) is 14.9. The van der Waals surface area contributed by atoms with Gasteiger partial charge in [0.25, 0.3) is 0 Å². The van der Waals surface area contributed by atoms with Crippen LogP contribution in [0.3, 0.4) is 0 Å². The van der Waals surface area contributed by atoms with E-state index >= 15 is 0 Å². The van der Waals surface area contributed by atoms with Crippen molar-refractivity contribution in [2.45, 2.75) is 12.6 Å². The lowest BCUT2D eigenvalue weighted by Crippen LogP contribution is -2.50. The standard InChI is InChI=1S/C14H15N2.H2O/c1-4-10-16(11-5-1)14-13-7-3-2-6-12(13)8-9-15-14;/h1-7,10-11,14-15H,8-9H2;1H2/q+1;/p-1. The highest BCUT2D eigenvalue weighted by Gasteiger charge is 2.25. The molecule has 0 saturated carbocycles. The van der Waals surface area contributed by atoms with Crippen molar-refractivity contribution in [3.8, 4) is 0 Å². The summed E-state index contributed by atoms with van der Waals surface area (Å²) in [6.45, 7) is 1.05. The molecule has 88 valence electrons. The first-order valence-electron chi connectivity index (χ1n) is 5.72. The predicted molar refractivity (Wildman–Crippen MR) is 64.9 cm³/mol. The van der Waals surface area contributed by atoms with Crippen LogP contribution < -0.4 is 9.88 Å². The Morgan fingerprint density at radius 3 is 2.59 bits per heavy atom. The Hall–Kier alpha value is -1.71. The maximum Gasteiger partial charge on any atom is 0.238 e. The molecule has 0 bridgehead atoms. The van der Waals surface area contributed by atoms with Crippen molar-refractivity contribution in [3.63, 3.8) is 0 Å². The van der Waals surface area contributed by atoms with Gasteiger partial charge in [0.15, 0.2) is 12.4 Å². The number of pyridine rings is 1. The van der Waals surface area contributed by atoms with Crippen molar-refractivity contribution >= 4 is 0 Å². The van der Waals surface area contributed by atoms with E-state index in [1.54, 1.807) is 0 Å². The molecular formula is C14H16N2O. The number of rotatable bonds is 1. The topological polar surface area (TPSA) is 45.9 Å². The third kappa shape index (κ3) is 2.20. The molecule has 3 heteroatoms. The van der Waals surface area contributed by atoms with E-state index in [-0.39, 0.29) is 11.6 Å². The van der Waals surface area contributed by atoms with Crippen LogP contribution in [0.25, 0.3) is 0 Å². The summed E-state index contributed by atoms with van der Waals surface area (Å²) in [7, 11) is 0. The van der Waals surface area contributed by atoms with Crippen LogP contribution in [-0.2, 0) is 6.42 Å². The number of nitrogens with zero attached hydrogens (tertiary/aromatic N) is 1. The molecule has 3 rings (SSSR count).